The highest BCUT2D eigenvalue weighted by atomic mass is 32.2. The van der Waals surface area contributed by atoms with Gasteiger partial charge >= 0.3 is 0 Å². The summed E-state index contributed by atoms with van der Waals surface area (Å²) in [7, 11) is -3.17. The maximum absolute atomic E-state index is 12.9. The van der Waals surface area contributed by atoms with E-state index in [2.05, 4.69) is 10.1 Å². The van der Waals surface area contributed by atoms with Gasteiger partial charge in [0.05, 0.1) is 34.9 Å². The second-order valence-electron chi connectivity index (χ2n) is 5.73. The zero-order valence-electron chi connectivity index (χ0n) is 13.7. The number of nitrogens with zero attached hydrogens (tertiary/aromatic N) is 4. The van der Waals surface area contributed by atoms with Gasteiger partial charge in [-0.3, -0.25) is 9.48 Å². The molecule has 0 bridgehead atoms. The third-order valence-electron chi connectivity index (χ3n) is 4.12. The van der Waals surface area contributed by atoms with E-state index in [0.717, 1.165) is 17.0 Å². The van der Waals surface area contributed by atoms with Crippen LogP contribution in [0.3, 0.4) is 0 Å². The second-order valence-corrected chi connectivity index (χ2v) is 9.07. The van der Waals surface area contributed by atoms with Gasteiger partial charge in [0, 0.05) is 24.8 Å². The smallest absolute Gasteiger partial charge is 0.266 e. The standard InChI is InChI=1S/C15H20N4O3S2/c1-3-14-16-8-13(23-14)15(20)19-5-6-24(21,22)10-12(19)11-7-17-18(4-2)9-11/h7-9,12H,3-6,10H2,1-2H3/t12-/m0/s1. The Morgan fingerprint density at radius 1 is 1.38 bits per heavy atom. The van der Waals surface area contributed by atoms with Crippen LogP contribution in [0.4, 0.5) is 0 Å². The molecule has 1 aliphatic heterocycles. The topological polar surface area (TPSA) is 85.2 Å². The fourth-order valence-electron chi connectivity index (χ4n) is 2.77. The van der Waals surface area contributed by atoms with Gasteiger partial charge in [-0.05, 0) is 13.3 Å². The van der Waals surface area contributed by atoms with Crippen LogP contribution < -0.4 is 0 Å². The van der Waals surface area contributed by atoms with Crippen LogP contribution in [-0.2, 0) is 22.8 Å². The highest BCUT2D eigenvalue weighted by Gasteiger charge is 2.36. The third-order valence-corrected chi connectivity index (χ3v) is 6.88. The van der Waals surface area contributed by atoms with E-state index >= 15 is 0 Å². The lowest BCUT2D eigenvalue weighted by Crippen LogP contribution is -2.45. The molecule has 7 nitrogen and oxygen atoms in total. The maximum Gasteiger partial charge on any atom is 0.266 e. The summed E-state index contributed by atoms with van der Waals surface area (Å²) in [4.78, 5) is 19.3. The van der Waals surface area contributed by atoms with Crippen molar-refractivity contribution in [3.8, 4) is 0 Å². The Balaban J connectivity index is 1.92. The minimum absolute atomic E-state index is 0.00338. The molecular formula is C15H20N4O3S2. The number of amides is 1. The number of aromatic nitrogens is 3. The zero-order valence-corrected chi connectivity index (χ0v) is 15.3. The van der Waals surface area contributed by atoms with Gasteiger partial charge in [0.25, 0.3) is 5.91 Å². The van der Waals surface area contributed by atoms with Gasteiger partial charge in [-0.1, -0.05) is 6.92 Å². The molecule has 2 aromatic heterocycles. The van der Waals surface area contributed by atoms with Crippen LogP contribution in [-0.4, -0.2) is 52.0 Å². The van der Waals surface area contributed by atoms with Crippen molar-refractivity contribution in [1.29, 1.82) is 0 Å². The lowest BCUT2D eigenvalue weighted by atomic mass is 10.1. The van der Waals surface area contributed by atoms with Crippen LogP contribution in [0.5, 0.6) is 0 Å². The van der Waals surface area contributed by atoms with Crippen molar-refractivity contribution in [3.05, 3.63) is 34.0 Å². The molecule has 0 radical (unpaired) electrons. The van der Waals surface area contributed by atoms with Crippen molar-refractivity contribution < 1.29 is 13.2 Å². The number of thiazole rings is 1. The van der Waals surface area contributed by atoms with Gasteiger partial charge in [-0.15, -0.1) is 11.3 Å². The lowest BCUT2D eigenvalue weighted by molar-refractivity contribution is 0.0702. The van der Waals surface area contributed by atoms with Crippen molar-refractivity contribution in [2.45, 2.75) is 32.9 Å². The highest BCUT2D eigenvalue weighted by molar-refractivity contribution is 7.91. The Hall–Kier alpha value is -1.74. The van der Waals surface area contributed by atoms with Crippen molar-refractivity contribution >= 4 is 27.1 Å². The normalized spacial score (nSPS) is 20.2. The molecule has 24 heavy (non-hydrogen) atoms. The van der Waals surface area contributed by atoms with E-state index in [-0.39, 0.29) is 24.0 Å². The summed E-state index contributed by atoms with van der Waals surface area (Å²) in [6.45, 7) is 4.84. The first-order chi connectivity index (χ1) is 11.4. The highest BCUT2D eigenvalue weighted by Crippen LogP contribution is 2.29. The SMILES string of the molecule is CCc1ncc(C(=O)N2CCS(=O)(=O)C[C@H]2c2cnn(CC)c2)s1. The molecule has 1 aliphatic rings. The molecule has 3 rings (SSSR count). The van der Waals surface area contributed by atoms with Crippen LogP contribution in [0.1, 0.15) is 40.1 Å². The number of hydrogen-bond acceptors (Lipinski definition) is 6. The maximum atomic E-state index is 12.9. The molecule has 0 saturated carbocycles. The predicted molar refractivity (Wildman–Crippen MR) is 91.8 cm³/mol. The summed E-state index contributed by atoms with van der Waals surface area (Å²) < 4.78 is 25.9. The van der Waals surface area contributed by atoms with Crippen molar-refractivity contribution in [3.63, 3.8) is 0 Å². The molecule has 2 aromatic rings. The first-order valence-corrected chi connectivity index (χ1v) is 10.6. The molecule has 0 aromatic carbocycles. The molecule has 1 atom stereocenters. The minimum Gasteiger partial charge on any atom is -0.329 e. The van der Waals surface area contributed by atoms with E-state index in [1.165, 1.54) is 11.3 Å². The van der Waals surface area contributed by atoms with Gasteiger partial charge in [0.1, 0.15) is 4.88 Å². The molecule has 130 valence electrons. The summed E-state index contributed by atoms with van der Waals surface area (Å²) in [6, 6.07) is -0.497. The average molecular weight is 368 g/mol. The fourth-order valence-corrected chi connectivity index (χ4v) is 5.07. The Bertz CT molecular complexity index is 841. The second kappa shape index (κ2) is 6.64. The summed E-state index contributed by atoms with van der Waals surface area (Å²) in [5, 5.41) is 5.12. The van der Waals surface area contributed by atoms with Crippen LogP contribution in [0.15, 0.2) is 18.6 Å². The Morgan fingerprint density at radius 3 is 2.79 bits per heavy atom. The van der Waals surface area contributed by atoms with Crippen molar-refractivity contribution in [1.82, 2.24) is 19.7 Å². The van der Waals surface area contributed by atoms with Crippen LogP contribution in [0, 0.1) is 0 Å². The molecule has 1 amide bonds. The van der Waals surface area contributed by atoms with Gasteiger partial charge in [-0.2, -0.15) is 5.10 Å². The zero-order chi connectivity index (χ0) is 17.3. The van der Waals surface area contributed by atoms with E-state index in [4.69, 9.17) is 0 Å². The summed E-state index contributed by atoms with van der Waals surface area (Å²) in [5.41, 5.74) is 0.758. The quantitative estimate of drug-likeness (QED) is 0.817. The van der Waals surface area contributed by atoms with Crippen LogP contribution in [0.2, 0.25) is 0 Å². The van der Waals surface area contributed by atoms with E-state index < -0.39 is 15.9 Å². The van der Waals surface area contributed by atoms with E-state index in [1.54, 1.807) is 22.0 Å². The molecule has 0 spiro atoms. The molecule has 0 aliphatic carbocycles. The third kappa shape index (κ3) is 3.36. The van der Waals surface area contributed by atoms with Crippen LogP contribution >= 0.6 is 11.3 Å². The Morgan fingerprint density at radius 2 is 2.17 bits per heavy atom. The lowest BCUT2D eigenvalue weighted by Gasteiger charge is -2.34. The number of sulfone groups is 1. The molecular weight excluding hydrogens is 348 g/mol. The van der Waals surface area contributed by atoms with E-state index in [9.17, 15) is 13.2 Å². The minimum atomic E-state index is -3.17. The monoisotopic (exact) mass is 368 g/mol. The molecule has 9 heteroatoms. The number of aryl methyl sites for hydroxylation is 2. The molecule has 1 fully saturated rings. The first kappa shape index (κ1) is 17.1. The fraction of sp³-hybridized carbons (Fsp3) is 0.533. The molecule has 1 saturated heterocycles. The summed E-state index contributed by atoms with van der Waals surface area (Å²) in [5.74, 6) is -0.221. The molecule has 0 unspecified atom stereocenters. The van der Waals surface area contributed by atoms with Gasteiger partial charge in [0.2, 0.25) is 0 Å². The number of hydrogen-bond donors (Lipinski definition) is 0. The largest absolute Gasteiger partial charge is 0.329 e. The number of carbonyl (C=O) groups excluding carboxylic acids is 1. The number of rotatable bonds is 4. The van der Waals surface area contributed by atoms with Gasteiger partial charge in [-0.25, -0.2) is 13.4 Å². The van der Waals surface area contributed by atoms with Gasteiger partial charge < -0.3 is 4.90 Å². The summed E-state index contributed by atoms with van der Waals surface area (Å²) >= 11 is 1.37. The van der Waals surface area contributed by atoms with E-state index in [1.807, 2.05) is 20.0 Å². The van der Waals surface area contributed by atoms with Crippen molar-refractivity contribution in [2.75, 3.05) is 18.1 Å². The first-order valence-electron chi connectivity index (χ1n) is 7.92. The summed E-state index contributed by atoms with van der Waals surface area (Å²) in [6.07, 6.45) is 5.83. The van der Waals surface area contributed by atoms with E-state index in [0.29, 0.717) is 11.4 Å². The average Bonchev–Trinajstić information content (AvgIpc) is 3.22. The molecule has 0 N–H and O–H groups in total. The Kier molecular flexibility index (Phi) is 4.73. The molecule has 3 heterocycles. The Labute approximate surface area is 145 Å². The predicted octanol–water partition coefficient (Wildman–Crippen LogP) is 1.53. The van der Waals surface area contributed by atoms with Gasteiger partial charge in [0.15, 0.2) is 9.84 Å². The van der Waals surface area contributed by atoms with Crippen LogP contribution in [0.25, 0.3) is 0 Å². The van der Waals surface area contributed by atoms with Crippen molar-refractivity contribution in [2.24, 2.45) is 0 Å². The number of carbonyl (C=O) groups is 1.